The highest BCUT2D eigenvalue weighted by molar-refractivity contribution is 9.11. The molecule has 100 valence electrons. The van der Waals surface area contributed by atoms with Crippen LogP contribution in [0.5, 0.6) is 0 Å². The van der Waals surface area contributed by atoms with E-state index in [1.807, 2.05) is 0 Å². The van der Waals surface area contributed by atoms with Gasteiger partial charge in [-0.2, -0.15) is 0 Å². The number of halogens is 1. The molecule has 1 aromatic carbocycles. The van der Waals surface area contributed by atoms with E-state index >= 15 is 0 Å². The van der Waals surface area contributed by atoms with Gasteiger partial charge in [0.2, 0.25) is 0 Å². The van der Waals surface area contributed by atoms with Crippen LogP contribution < -0.4 is 0 Å². The first-order chi connectivity index (χ1) is 9.15. The van der Waals surface area contributed by atoms with Crippen LogP contribution in [0.3, 0.4) is 0 Å². The third kappa shape index (κ3) is 2.64. The fourth-order valence-electron chi connectivity index (χ4n) is 2.86. The largest absolute Gasteiger partial charge is 0.387 e. The van der Waals surface area contributed by atoms with Crippen molar-refractivity contribution in [3.63, 3.8) is 0 Å². The number of aryl methyl sites for hydroxylation is 2. The van der Waals surface area contributed by atoms with E-state index in [4.69, 9.17) is 0 Å². The predicted octanol–water partition coefficient (Wildman–Crippen LogP) is 4.66. The Kier molecular flexibility index (Phi) is 3.79. The lowest BCUT2D eigenvalue weighted by atomic mass is 9.80. The first-order valence-electron chi connectivity index (χ1n) is 6.66. The number of rotatable bonds is 2. The molecule has 2 atom stereocenters. The van der Waals surface area contributed by atoms with Gasteiger partial charge in [0, 0.05) is 4.88 Å². The summed E-state index contributed by atoms with van der Waals surface area (Å²) in [6, 6.07) is 10.7. The standard InChI is InChI=1S/C16H17BrOS/c1-10-8-14(19-16(10)17)15(18)13-7-6-11-4-2-3-5-12(11)9-13/h2-5,8,13,15,18H,6-7,9H2,1H3. The number of benzene rings is 1. The Hall–Kier alpha value is -0.640. The SMILES string of the molecule is Cc1cc(C(O)C2CCc3ccccc3C2)sc1Br. The Morgan fingerprint density at radius 1 is 1.32 bits per heavy atom. The summed E-state index contributed by atoms with van der Waals surface area (Å²) in [5.41, 5.74) is 4.08. The van der Waals surface area contributed by atoms with E-state index in [-0.39, 0.29) is 6.10 Å². The summed E-state index contributed by atoms with van der Waals surface area (Å²) in [6.07, 6.45) is 2.82. The van der Waals surface area contributed by atoms with Crippen LogP contribution in [0.15, 0.2) is 34.1 Å². The lowest BCUT2D eigenvalue weighted by Gasteiger charge is -2.28. The first-order valence-corrected chi connectivity index (χ1v) is 8.27. The van der Waals surface area contributed by atoms with Crippen LogP contribution >= 0.6 is 27.3 Å². The average Bonchev–Trinajstić information content (AvgIpc) is 2.77. The predicted molar refractivity (Wildman–Crippen MR) is 83.7 cm³/mol. The second-order valence-electron chi connectivity index (χ2n) is 5.32. The Morgan fingerprint density at radius 3 is 2.74 bits per heavy atom. The van der Waals surface area contributed by atoms with Crippen molar-refractivity contribution in [1.29, 1.82) is 0 Å². The molecule has 1 aromatic heterocycles. The summed E-state index contributed by atoms with van der Waals surface area (Å²) in [5, 5.41) is 10.6. The van der Waals surface area contributed by atoms with Gasteiger partial charge in [0.05, 0.1) is 9.89 Å². The number of hydrogen-bond acceptors (Lipinski definition) is 2. The maximum atomic E-state index is 10.6. The molecule has 3 rings (SSSR count). The van der Waals surface area contributed by atoms with Crippen LogP contribution in [0.1, 0.15) is 34.1 Å². The highest BCUT2D eigenvalue weighted by Crippen LogP contribution is 2.39. The van der Waals surface area contributed by atoms with Crippen molar-refractivity contribution in [2.45, 2.75) is 32.3 Å². The summed E-state index contributed by atoms with van der Waals surface area (Å²) < 4.78 is 1.14. The zero-order valence-electron chi connectivity index (χ0n) is 10.9. The maximum Gasteiger partial charge on any atom is 0.0913 e. The van der Waals surface area contributed by atoms with Gasteiger partial charge in [0.1, 0.15) is 0 Å². The molecule has 0 aliphatic heterocycles. The summed E-state index contributed by atoms with van der Waals surface area (Å²) in [5.74, 6) is 0.347. The summed E-state index contributed by atoms with van der Waals surface area (Å²) in [6.45, 7) is 2.08. The van der Waals surface area contributed by atoms with Crippen molar-refractivity contribution in [2.75, 3.05) is 0 Å². The molecule has 0 radical (unpaired) electrons. The van der Waals surface area contributed by atoms with E-state index in [0.717, 1.165) is 27.9 Å². The molecule has 1 nitrogen and oxygen atoms in total. The molecule has 0 spiro atoms. The Bertz CT molecular complexity index is 571. The molecular weight excluding hydrogens is 320 g/mol. The van der Waals surface area contributed by atoms with E-state index in [2.05, 4.69) is 53.2 Å². The normalized spacial score (nSPS) is 20.1. The van der Waals surface area contributed by atoms with E-state index in [1.54, 1.807) is 11.3 Å². The highest BCUT2D eigenvalue weighted by Gasteiger charge is 2.27. The van der Waals surface area contributed by atoms with Gasteiger partial charge >= 0.3 is 0 Å². The van der Waals surface area contributed by atoms with Crippen LogP contribution in [0.25, 0.3) is 0 Å². The molecule has 0 saturated carbocycles. The van der Waals surface area contributed by atoms with Gasteiger partial charge in [0.25, 0.3) is 0 Å². The summed E-state index contributed by atoms with van der Waals surface area (Å²) >= 11 is 5.21. The molecule has 0 bridgehead atoms. The number of hydrogen-bond donors (Lipinski definition) is 1. The van der Waals surface area contributed by atoms with Crippen molar-refractivity contribution in [1.82, 2.24) is 0 Å². The summed E-state index contributed by atoms with van der Waals surface area (Å²) in [4.78, 5) is 1.09. The summed E-state index contributed by atoms with van der Waals surface area (Å²) in [7, 11) is 0. The van der Waals surface area contributed by atoms with Crippen LogP contribution in [-0.2, 0) is 12.8 Å². The number of thiophene rings is 1. The zero-order chi connectivity index (χ0) is 13.4. The average molecular weight is 337 g/mol. The monoisotopic (exact) mass is 336 g/mol. The van der Waals surface area contributed by atoms with Gasteiger partial charge in [-0.3, -0.25) is 0 Å². The molecule has 1 N–H and O–H groups in total. The molecule has 0 fully saturated rings. The molecule has 0 saturated heterocycles. The molecule has 19 heavy (non-hydrogen) atoms. The fraction of sp³-hybridized carbons (Fsp3) is 0.375. The molecule has 1 aliphatic carbocycles. The van der Waals surface area contributed by atoms with Crippen LogP contribution in [0.2, 0.25) is 0 Å². The van der Waals surface area contributed by atoms with E-state index in [9.17, 15) is 5.11 Å². The van der Waals surface area contributed by atoms with Gasteiger partial charge in [-0.1, -0.05) is 24.3 Å². The molecule has 2 unspecified atom stereocenters. The fourth-order valence-corrected chi connectivity index (χ4v) is 4.51. The van der Waals surface area contributed by atoms with Crippen molar-refractivity contribution in [3.8, 4) is 0 Å². The Labute approximate surface area is 126 Å². The van der Waals surface area contributed by atoms with Crippen molar-refractivity contribution in [2.24, 2.45) is 5.92 Å². The molecule has 1 heterocycles. The van der Waals surface area contributed by atoms with Crippen LogP contribution in [0, 0.1) is 12.8 Å². The van der Waals surface area contributed by atoms with Crippen molar-refractivity contribution in [3.05, 3.63) is 55.7 Å². The number of aliphatic hydroxyl groups is 1. The van der Waals surface area contributed by atoms with Gasteiger partial charge in [-0.05, 0) is 70.8 Å². The lowest BCUT2D eigenvalue weighted by Crippen LogP contribution is -2.20. The first kappa shape index (κ1) is 13.3. The second-order valence-corrected chi connectivity index (χ2v) is 7.72. The number of fused-ring (bicyclic) bond motifs is 1. The molecule has 3 heteroatoms. The third-order valence-corrected chi connectivity index (χ3v) is 6.21. The van der Waals surface area contributed by atoms with Crippen LogP contribution in [-0.4, -0.2) is 5.11 Å². The number of aliphatic hydroxyl groups excluding tert-OH is 1. The minimum Gasteiger partial charge on any atom is -0.387 e. The topological polar surface area (TPSA) is 20.2 Å². The molecular formula is C16H17BrOS. The minimum atomic E-state index is -0.330. The maximum absolute atomic E-state index is 10.6. The van der Waals surface area contributed by atoms with Crippen molar-refractivity contribution >= 4 is 27.3 Å². The van der Waals surface area contributed by atoms with E-state index in [0.29, 0.717) is 5.92 Å². The molecule has 0 amide bonds. The quantitative estimate of drug-likeness (QED) is 0.845. The van der Waals surface area contributed by atoms with Crippen molar-refractivity contribution < 1.29 is 5.11 Å². The third-order valence-electron chi connectivity index (χ3n) is 4.00. The zero-order valence-corrected chi connectivity index (χ0v) is 13.3. The highest BCUT2D eigenvalue weighted by atomic mass is 79.9. The van der Waals surface area contributed by atoms with Gasteiger partial charge in [0.15, 0.2) is 0 Å². The van der Waals surface area contributed by atoms with Crippen LogP contribution in [0.4, 0.5) is 0 Å². The van der Waals surface area contributed by atoms with E-state index < -0.39 is 0 Å². The van der Waals surface area contributed by atoms with Gasteiger partial charge in [-0.25, -0.2) is 0 Å². The van der Waals surface area contributed by atoms with Gasteiger partial charge < -0.3 is 5.11 Å². The smallest absolute Gasteiger partial charge is 0.0913 e. The Balaban J connectivity index is 1.81. The Morgan fingerprint density at radius 2 is 2.05 bits per heavy atom. The molecule has 1 aliphatic rings. The second kappa shape index (κ2) is 5.39. The van der Waals surface area contributed by atoms with E-state index in [1.165, 1.54) is 16.7 Å². The molecule has 2 aromatic rings. The van der Waals surface area contributed by atoms with Gasteiger partial charge in [-0.15, -0.1) is 11.3 Å². The minimum absolute atomic E-state index is 0.330. The lowest BCUT2D eigenvalue weighted by molar-refractivity contribution is 0.103.